The van der Waals surface area contributed by atoms with Crippen molar-refractivity contribution in [1.82, 2.24) is 0 Å². The zero-order valence-electron chi connectivity index (χ0n) is 7.74. The maximum Gasteiger partial charge on any atom is 0.307 e. The van der Waals surface area contributed by atoms with Crippen molar-refractivity contribution >= 4 is 28.9 Å². The Kier molecular flexibility index (Phi) is 3.64. The minimum Gasteiger partial charge on any atom is -0.481 e. The summed E-state index contributed by atoms with van der Waals surface area (Å²) in [5.41, 5.74) is 1.27. The first-order chi connectivity index (χ1) is 6.63. The number of carbonyl (C=O) groups is 2. The summed E-state index contributed by atoms with van der Waals surface area (Å²) in [5, 5.41) is 14.7. The highest BCUT2D eigenvalue weighted by atomic mass is 32.1. The van der Waals surface area contributed by atoms with Gasteiger partial charge in [0, 0.05) is 11.8 Å². The van der Waals surface area contributed by atoms with Crippen LogP contribution in [0.3, 0.4) is 0 Å². The number of amides is 1. The second-order valence-corrected chi connectivity index (χ2v) is 3.53. The molecule has 76 valence electrons. The zero-order valence-corrected chi connectivity index (χ0v) is 8.56. The van der Waals surface area contributed by atoms with Gasteiger partial charge in [-0.3, -0.25) is 9.59 Å². The Morgan fingerprint density at radius 1 is 1.50 bits per heavy atom. The van der Waals surface area contributed by atoms with E-state index in [9.17, 15) is 9.59 Å². The fourth-order valence-electron chi connectivity index (χ4n) is 0.972. The van der Waals surface area contributed by atoms with Gasteiger partial charge < -0.3 is 10.4 Å². The first-order valence-electron chi connectivity index (χ1n) is 4.20. The molecule has 0 aliphatic heterocycles. The standard InChI is InChI=1S/C9H11NO3S/c1-2-8(11)10-7-5-14-4-6(7)3-9(12)13/h4-5H,2-3H2,1H3,(H,10,11)(H,12,13). The SMILES string of the molecule is CCC(=O)Nc1cscc1CC(=O)O. The van der Waals surface area contributed by atoms with Crippen LogP contribution in [0.25, 0.3) is 0 Å². The third kappa shape index (κ3) is 2.85. The number of nitrogens with one attached hydrogen (secondary N) is 1. The molecule has 1 heterocycles. The summed E-state index contributed by atoms with van der Waals surface area (Å²) < 4.78 is 0. The molecule has 2 N–H and O–H groups in total. The van der Waals surface area contributed by atoms with Gasteiger partial charge in [0.2, 0.25) is 5.91 Å². The lowest BCUT2D eigenvalue weighted by Gasteiger charge is -2.02. The van der Waals surface area contributed by atoms with Crippen LogP contribution in [0.1, 0.15) is 18.9 Å². The van der Waals surface area contributed by atoms with Crippen molar-refractivity contribution in [3.63, 3.8) is 0 Å². The predicted octanol–water partition coefficient (Wildman–Crippen LogP) is 1.72. The fourth-order valence-corrected chi connectivity index (χ4v) is 1.76. The van der Waals surface area contributed by atoms with Crippen molar-refractivity contribution < 1.29 is 14.7 Å². The van der Waals surface area contributed by atoms with E-state index in [0.29, 0.717) is 17.7 Å². The lowest BCUT2D eigenvalue weighted by molar-refractivity contribution is -0.136. The van der Waals surface area contributed by atoms with Crippen molar-refractivity contribution in [2.75, 3.05) is 5.32 Å². The van der Waals surface area contributed by atoms with E-state index in [-0.39, 0.29) is 12.3 Å². The van der Waals surface area contributed by atoms with E-state index >= 15 is 0 Å². The molecule has 14 heavy (non-hydrogen) atoms. The van der Waals surface area contributed by atoms with Crippen LogP contribution in [-0.2, 0) is 16.0 Å². The van der Waals surface area contributed by atoms with E-state index in [1.54, 1.807) is 17.7 Å². The molecule has 1 aromatic rings. The Bertz CT molecular complexity index is 346. The maximum atomic E-state index is 11.1. The lowest BCUT2D eigenvalue weighted by Crippen LogP contribution is -2.11. The molecule has 5 heteroatoms. The number of carbonyl (C=O) groups excluding carboxylic acids is 1. The summed E-state index contributed by atoms with van der Waals surface area (Å²) >= 11 is 1.38. The van der Waals surface area contributed by atoms with Crippen LogP contribution in [0.15, 0.2) is 10.8 Å². The van der Waals surface area contributed by atoms with Gasteiger partial charge in [-0.15, -0.1) is 11.3 Å². The van der Waals surface area contributed by atoms with Gasteiger partial charge in [-0.05, 0) is 10.9 Å². The van der Waals surface area contributed by atoms with Crippen LogP contribution in [-0.4, -0.2) is 17.0 Å². The van der Waals surface area contributed by atoms with Crippen molar-refractivity contribution in [2.24, 2.45) is 0 Å². The van der Waals surface area contributed by atoms with Crippen LogP contribution < -0.4 is 5.32 Å². The minimum absolute atomic E-state index is 0.0528. The highest BCUT2D eigenvalue weighted by Crippen LogP contribution is 2.21. The highest BCUT2D eigenvalue weighted by molar-refractivity contribution is 7.08. The Labute approximate surface area is 85.6 Å². The number of hydrogen-bond donors (Lipinski definition) is 2. The molecule has 0 spiro atoms. The molecule has 1 aromatic heterocycles. The average molecular weight is 213 g/mol. The largest absolute Gasteiger partial charge is 0.481 e. The topological polar surface area (TPSA) is 66.4 Å². The van der Waals surface area contributed by atoms with Crippen molar-refractivity contribution in [1.29, 1.82) is 0 Å². The Balaban J connectivity index is 2.72. The first-order valence-corrected chi connectivity index (χ1v) is 5.14. The van der Waals surface area contributed by atoms with E-state index in [2.05, 4.69) is 5.32 Å². The molecule has 1 amide bonds. The molecule has 0 bridgehead atoms. The molecule has 0 fully saturated rings. The summed E-state index contributed by atoms with van der Waals surface area (Å²) in [6.07, 6.45) is 0.338. The molecule has 1 rings (SSSR count). The monoisotopic (exact) mass is 213 g/mol. The predicted molar refractivity (Wildman–Crippen MR) is 54.6 cm³/mol. The van der Waals surface area contributed by atoms with Crippen molar-refractivity contribution in [3.8, 4) is 0 Å². The number of hydrogen-bond acceptors (Lipinski definition) is 3. The molecule has 0 aliphatic rings. The maximum absolute atomic E-state index is 11.1. The van der Waals surface area contributed by atoms with Gasteiger partial charge in [0.15, 0.2) is 0 Å². The number of rotatable bonds is 4. The van der Waals surface area contributed by atoms with Gasteiger partial charge >= 0.3 is 5.97 Å². The number of carboxylic acids is 1. The quantitative estimate of drug-likeness (QED) is 0.800. The Morgan fingerprint density at radius 3 is 2.79 bits per heavy atom. The second-order valence-electron chi connectivity index (χ2n) is 2.78. The second kappa shape index (κ2) is 4.76. The molecule has 4 nitrogen and oxygen atoms in total. The van der Waals surface area contributed by atoms with Crippen molar-refractivity contribution in [2.45, 2.75) is 19.8 Å². The molecule has 0 saturated carbocycles. The van der Waals surface area contributed by atoms with Gasteiger partial charge in [-0.1, -0.05) is 6.92 Å². The highest BCUT2D eigenvalue weighted by Gasteiger charge is 2.09. The van der Waals surface area contributed by atoms with Gasteiger partial charge in [0.25, 0.3) is 0 Å². The molecule has 0 aliphatic carbocycles. The summed E-state index contributed by atoms with van der Waals surface area (Å²) in [6, 6.07) is 0. The lowest BCUT2D eigenvalue weighted by atomic mass is 10.2. The number of carboxylic acid groups (broad SMARTS) is 1. The summed E-state index contributed by atoms with van der Waals surface area (Å²) in [7, 11) is 0. The van der Waals surface area contributed by atoms with Gasteiger partial charge in [0.05, 0.1) is 12.1 Å². The van der Waals surface area contributed by atoms with Gasteiger partial charge in [-0.25, -0.2) is 0 Å². The third-order valence-electron chi connectivity index (χ3n) is 1.68. The third-order valence-corrected chi connectivity index (χ3v) is 2.47. The van der Waals surface area contributed by atoms with Crippen LogP contribution in [0.5, 0.6) is 0 Å². The fraction of sp³-hybridized carbons (Fsp3) is 0.333. The summed E-state index contributed by atoms with van der Waals surface area (Å²) in [4.78, 5) is 21.5. The summed E-state index contributed by atoms with van der Waals surface area (Å²) in [6.45, 7) is 1.75. The van der Waals surface area contributed by atoms with E-state index in [1.165, 1.54) is 11.3 Å². The molecule has 0 radical (unpaired) electrons. The van der Waals surface area contributed by atoms with Crippen LogP contribution >= 0.6 is 11.3 Å². The van der Waals surface area contributed by atoms with Crippen molar-refractivity contribution in [3.05, 3.63) is 16.3 Å². The van der Waals surface area contributed by atoms with Crippen LogP contribution in [0.2, 0.25) is 0 Å². The van der Waals surface area contributed by atoms with E-state index in [1.807, 2.05) is 0 Å². The Hall–Kier alpha value is -1.36. The molecule has 0 aromatic carbocycles. The molecule has 0 saturated heterocycles. The van der Waals surface area contributed by atoms with Crippen LogP contribution in [0.4, 0.5) is 5.69 Å². The number of thiophene rings is 1. The molecule has 0 unspecified atom stereocenters. The number of aliphatic carboxylic acids is 1. The van der Waals surface area contributed by atoms with E-state index in [0.717, 1.165) is 0 Å². The van der Waals surface area contributed by atoms with E-state index in [4.69, 9.17) is 5.11 Å². The van der Waals surface area contributed by atoms with Crippen LogP contribution in [0, 0.1) is 0 Å². The summed E-state index contributed by atoms with van der Waals surface area (Å²) in [5.74, 6) is -0.995. The number of anilines is 1. The zero-order chi connectivity index (χ0) is 10.6. The Morgan fingerprint density at radius 2 is 2.21 bits per heavy atom. The van der Waals surface area contributed by atoms with E-state index < -0.39 is 5.97 Å². The van der Waals surface area contributed by atoms with Gasteiger partial charge in [-0.2, -0.15) is 0 Å². The molecular weight excluding hydrogens is 202 g/mol. The molecular formula is C9H11NO3S. The average Bonchev–Trinajstić information content (AvgIpc) is 2.52. The molecule has 0 atom stereocenters. The van der Waals surface area contributed by atoms with Gasteiger partial charge in [0.1, 0.15) is 0 Å². The normalized spacial score (nSPS) is 9.79. The first kappa shape index (κ1) is 10.7. The smallest absolute Gasteiger partial charge is 0.307 e. The minimum atomic E-state index is -0.893.